The van der Waals surface area contributed by atoms with Crippen molar-refractivity contribution in [3.63, 3.8) is 0 Å². The summed E-state index contributed by atoms with van der Waals surface area (Å²) < 4.78 is 5.39. The lowest BCUT2D eigenvalue weighted by Gasteiger charge is -2.26. The van der Waals surface area contributed by atoms with Crippen molar-refractivity contribution >= 4 is 29.9 Å². The van der Waals surface area contributed by atoms with Gasteiger partial charge in [-0.3, -0.25) is 9.89 Å². The van der Waals surface area contributed by atoms with Crippen LogP contribution >= 0.6 is 24.0 Å². The lowest BCUT2D eigenvalue weighted by atomic mass is 10.0. The van der Waals surface area contributed by atoms with Gasteiger partial charge in [0.1, 0.15) is 0 Å². The van der Waals surface area contributed by atoms with Gasteiger partial charge in [0, 0.05) is 44.7 Å². The lowest BCUT2D eigenvalue weighted by Crippen LogP contribution is -2.39. The number of morpholine rings is 1. The first kappa shape index (κ1) is 21.4. The highest BCUT2D eigenvalue weighted by atomic mass is 127. The van der Waals surface area contributed by atoms with Gasteiger partial charge in [0.05, 0.1) is 13.2 Å². The van der Waals surface area contributed by atoms with Crippen LogP contribution in [0.2, 0.25) is 0 Å². The maximum Gasteiger partial charge on any atom is 0.191 e. The molecular formula is C20H33IN4O. The number of hydrogen-bond donors (Lipinski definition) is 2. The molecule has 146 valence electrons. The molecule has 6 heteroatoms. The molecule has 1 saturated heterocycles. The number of guanidine groups is 1. The van der Waals surface area contributed by atoms with Gasteiger partial charge in [0.25, 0.3) is 0 Å². The molecule has 0 spiro atoms. The van der Waals surface area contributed by atoms with Crippen molar-refractivity contribution in [2.45, 2.75) is 38.6 Å². The topological polar surface area (TPSA) is 48.9 Å². The molecule has 2 unspecified atom stereocenters. The van der Waals surface area contributed by atoms with Crippen molar-refractivity contribution in [2.24, 2.45) is 4.99 Å². The number of aryl methyl sites for hydroxylation is 1. The molecular weight excluding hydrogens is 439 g/mol. The Morgan fingerprint density at radius 1 is 1.27 bits per heavy atom. The molecule has 2 atom stereocenters. The Kier molecular flexibility index (Phi) is 9.15. The molecule has 1 aliphatic heterocycles. The van der Waals surface area contributed by atoms with E-state index in [1.807, 2.05) is 0 Å². The molecule has 0 amide bonds. The minimum atomic E-state index is 0. The molecule has 1 aromatic carbocycles. The third-order valence-electron chi connectivity index (χ3n) is 5.05. The molecule has 1 aromatic rings. The van der Waals surface area contributed by atoms with E-state index < -0.39 is 0 Å². The Morgan fingerprint density at radius 2 is 2.04 bits per heavy atom. The van der Waals surface area contributed by atoms with Crippen molar-refractivity contribution < 1.29 is 4.74 Å². The summed E-state index contributed by atoms with van der Waals surface area (Å²) in [5.74, 6) is 1.59. The van der Waals surface area contributed by atoms with Crippen LogP contribution in [0, 0.1) is 6.92 Å². The molecule has 5 nitrogen and oxygen atoms in total. The maximum absolute atomic E-state index is 5.39. The number of nitrogens with zero attached hydrogens (tertiary/aromatic N) is 2. The van der Waals surface area contributed by atoms with Crippen LogP contribution in [-0.4, -0.2) is 62.8 Å². The number of halogens is 1. The fraction of sp³-hybridized carbons (Fsp3) is 0.650. The second-order valence-corrected chi connectivity index (χ2v) is 7.02. The Labute approximate surface area is 175 Å². The Bertz CT molecular complexity index is 575. The maximum atomic E-state index is 5.39. The third kappa shape index (κ3) is 6.39. The summed E-state index contributed by atoms with van der Waals surface area (Å²) in [6.07, 6.45) is 2.30. The van der Waals surface area contributed by atoms with Gasteiger partial charge in [0.2, 0.25) is 0 Å². The summed E-state index contributed by atoms with van der Waals surface area (Å²) in [7, 11) is 0. The molecule has 2 fully saturated rings. The molecule has 0 aromatic heterocycles. The van der Waals surface area contributed by atoms with Crippen molar-refractivity contribution in [1.29, 1.82) is 0 Å². The summed E-state index contributed by atoms with van der Waals surface area (Å²) in [6, 6.07) is 9.23. The summed E-state index contributed by atoms with van der Waals surface area (Å²) in [5.41, 5.74) is 2.87. The standard InChI is InChI=1S/C20H32N4O.HI/c1-3-21-20(22-9-6-10-24-11-13-25-14-12-24)23-19-15-18(19)17-8-5-4-7-16(17)2;/h4-5,7-8,18-19H,3,6,9-15H2,1-2H3,(H2,21,22,23);1H. The van der Waals surface area contributed by atoms with Gasteiger partial charge in [-0.2, -0.15) is 0 Å². The summed E-state index contributed by atoms with van der Waals surface area (Å²) in [4.78, 5) is 7.23. The zero-order chi connectivity index (χ0) is 17.5. The largest absolute Gasteiger partial charge is 0.379 e. The molecule has 2 N–H and O–H groups in total. The van der Waals surface area contributed by atoms with Crippen LogP contribution in [0.1, 0.15) is 36.8 Å². The van der Waals surface area contributed by atoms with Crippen LogP contribution in [0.3, 0.4) is 0 Å². The third-order valence-corrected chi connectivity index (χ3v) is 5.05. The van der Waals surface area contributed by atoms with Crippen LogP contribution in [0.15, 0.2) is 29.3 Å². The number of nitrogens with one attached hydrogen (secondary N) is 2. The average Bonchev–Trinajstić information content (AvgIpc) is 3.39. The first-order chi connectivity index (χ1) is 12.3. The fourth-order valence-electron chi connectivity index (χ4n) is 3.51. The van der Waals surface area contributed by atoms with E-state index in [4.69, 9.17) is 9.73 Å². The highest BCUT2D eigenvalue weighted by Gasteiger charge is 2.39. The van der Waals surface area contributed by atoms with Crippen LogP contribution in [0.5, 0.6) is 0 Å². The van der Waals surface area contributed by atoms with E-state index in [1.54, 1.807) is 0 Å². The van der Waals surface area contributed by atoms with Gasteiger partial charge < -0.3 is 15.4 Å². The van der Waals surface area contributed by atoms with E-state index in [0.717, 1.165) is 58.3 Å². The van der Waals surface area contributed by atoms with Gasteiger partial charge in [-0.1, -0.05) is 24.3 Å². The first-order valence-corrected chi connectivity index (χ1v) is 9.68. The van der Waals surface area contributed by atoms with E-state index in [1.165, 1.54) is 17.5 Å². The fourth-order valence-corrected chi connectivity index (χ4v) is 3.51. The first-order valence-electron chi connectivity index (χ1n) is 9.68. The minimum absolute atomic E-state index is 0. The van der Waals surface area contributed by atoms with Gasteiger partial charge in [0.15, 0.2) is 5.96 Å². The highest BCUT2D eigenvalue weighted by molar-refractivity contribution is 14.0. The predicted octanol–water partition coefficient (Wildman–Crippen LogP) is 2.75. The van der Waals surface area contributed by atoms with Crippen LogP contribution in [0.4, 0.5) is 0 Å². The number of benzene rings is 1. The van der Waals surface area contributed by atoms with Crippen molar-refractivity contribution in [1.82, 2.24) is 15.5 Å². The van der Waals surface area contributed by atoms with Gasteiger partial charge in [-0.25, -0.2) is 0 Å². The molecule has 26 heavy (non-hydrogen) atoms. The van der Waals surface area contributed by atoms with Crippen molar-refractivity contribution in [2.75, 3.05) is 45.9 Å². The van der Waals surface area contributed by atoms with Gasteiger partial charge in [-0.15, -0.1) is 24.0 Å². The van der Waals surface area contributed by atoms with E-state index in [9.17, 15) is 0 Å². The molecule has 1 heterocycles. The number of aliphatic imine (C=N–C) groups is 1. The molecule has 1 saturated carbocycles. The Morgan fingerprint density at radius 3 is 2.77 bits per heavy atom. The highest BCUT2D eigenvalue weighted by Crippen LogP contribution is 2.41. The average molecular weight is 472 g/mol. The lowest BCUT2D eigenvalue weighted by molar-refractivity contribution is 0.0377. The minimum Gasteiger partial charge on any atom is -0.379 e. The normalized spacial score (nSPS) is 23.2. The van der Waals surface area contributed by atoms with E-state index in [0.29, 0.717) is 12.0 Å². The van der Waals surface area contributed by atoms with E-state index in [-0.39, 0.29) is 24.0 Å². The second kappa shape index (κ2) is 11.1. The quantitative estimate of drug-likeness (QED) is 0.278. The molecule has 1 aliphatic carbocycles. The smallest absolute Gasteiger partial charge is 0.191 e. The molecule has 2 aliphatic rings. The van der Waals surface area contributed by atoms with Crippen LogP contribution in [-0.2, 0) is 4.74 Å². The zero-order valence-corrected chi connectivity index (χ0v) is 18.4. The zero-order valence-electron chi connectivity index (χ0n) is 16.0. The Hall–Kier alpha value is -0.860. The van der Waals surface area contributed by atoms with Gasteiger partial charge in [-0.05, 0) is 37.8 Å². The summed E-state index contributed by atoms with van der Waals surface area (Å²) >= 11 is 0. The summed E-state index contributed by atoms with van der Waals surface area (Å²) in [6.45, 7) is 11.1. The van der Waals surface area contributed by atoms with E-state index >= 15 is 0 Å². The van der Waals surface area contributed by atoms with Crippen LogP contribution < -0.4 is 10.6 Å². The molecule has 3 rings (SSSR count). The molecule has 0 bridgehead atoms. The number of ether oxygens (including phenoxy) is 1. The summed E-state index contributed by atoms with van der Waals surface area (Å²) in [5, 5.41) is 7.00. The monoisotopic (exact) mass is 472 g/mol. The van der Waals surface area contributed by atoms with Gasteiger partial charge >= 0.3 is 0 Å². The SMILES string of the molecule is CCNC(=NCCCN1CCOCC1)NC1CC1c1ccccc1C.I. The Balaban J connectivity index is 0.00000243. The number of rotatable bonds is 7. The van der Waals surface area contributed by atoms with Crippen molar-refractivity contribution in [3.05, 3.63) is 35.4 Å². The number of hydrogen-bond acceptors (Lipinski definition) is 3. The predicted molar refractivity (Wildman–Crippen MR) is 119 cm³/mol. The van der Waals surface area contributed by atoms with Crippen LogP contribution in [0.25, 0.3) is 0 Å². The second-order valence-electron chi connectivity index (χ2n) is 7.02. The van der Waals surface area contributed by atoms with E-state index in [2.05, 4.69) is 53.6 Å². The van der Waals surface area contributed by atoms with Crippen molar-refractivity contribution in [3.8, 4) is 0 Å². The molecule has 0 radical (unpaired) electrons.